The maximum Gasteiger partial charge on any atom is 0.290 e. The lowest BCUT2D eigenvalue weighted by atomic mass is 9.78. The molecule has 5 rings (SSSR count). The Morgan fingerprint density at radius 1 is 1.22 bits per heavy atom. The molecule has 7 nitrogen and oxygen atoms in total. The maximum absolute atomic E-state index is 14.3. The Hall–Kier alpha value is -2.10. The molecule has 10 heteroatoms. The summed E-state index contributed by atoms with van der Waals surface area (Å²) in [4.78, 5) is 30.2. The van der Waals surface area contributed by atoms with Crippen LogP contribution in [0.1, 0.15) is 50.6 Å². The van der Waals surface area contributed by atoms with E-state index in [2.05, 4.69) is 20.9 Å². The van der Waals surface area contributed by atoms with E-state index < -0.39 is 35.7 Å². The molecule has 3 aliphatic carbocycles. The molecule has 6 atom stereocenters. The van der Waals surface area contributed by atoms with E-state index in [1.807, 2.05) is 0 Å². The first kappa shape index (κ1) is 21.7. The van der Waals surface area contributed by atoms with Crippen LogP contribution in [0.4, 0.5) is 13.2 Å². The molecule has 1 saturated heterocycles. The highest BCUT2D eigenvalue weighted by atomic mass is 19.3. The standard InChI is InChI=1S/C22H29F3N4O3/c1-21(24,25)15-10-32-16(29-15)9-27-19(30)17-11-2-3-12(22(11)5-6-22)18(17)20(31)28-14-4-7-26-8-13(14)23/h10-14,17-18,26H,2-9H2,1H3,(H,27,30)(H,28,31)/t11?,12?,13-,14?,17?,18?/m0/s1. The minimum absolute atomic E-state index is 0.00450. The van der Waals surface area contributed by atoms with Gasteiger partial charge in [-0.2, -0.15) is 8.78 Å². The molecule has 0 radical (unpaired) electrons. The fourth-order valence-electron chi connectivity index (χ4n) is 6.50. The van der Waals surface area contributed by atoms with E-state index in [4.69, 9.17) is 4.42 Å². The number of nitrogens with one attached hydrogen (secondary N) is 3. The van der Waals surface area contributed by atoms with Gasteiger partial charge in [0.1, 0.15) is 18.1 Å². The van der Waals surface area contributed by atoms with Crippen molar-refractivity contribution in [3.05, 3.63) is 17.8 Å². The van der Waals surface area contributed by atoms with Gasteiger partial charge in [-0.05, 0) is 55.9 Å². The molecular formula is C22H29F3N4O3. The molecule has 5 unspecified atom stereocenters. The number of oxazole rings is 1. The minimum atomic E-state index is -3.12. The third kappa shape index (κ3) is 3.60. The lowest BCUT2D eigenvalue weighted by molar-refractivity contribution is -0.138. The molecule has 2 bridgehead atoms. The largest absolute Gasteiger partial charge is 0.447 e. The van der Waals surface area contributed by atoms with Gasteiger partial charge >= 0.3 is 0 Å². The SMILES string of the molecule is CC(F)(F)c1coc(CNC(=O)C2C(C(=O)NC3CCNC[C@@H]3F)C3CCC2C32CC2)n1. The van der Waals surface area contributed by atoms with Crippen LogP contribution in [-0.2, 0) is 22.1 Å². The van der Waals surface area contributed by atoms with Crippen LogP contribution in [0.5, 0.6) is 0 Å². The Balaban J connectivity index is 1.29. The van der Waals surface area contributed by atoms with Gasteiger partial charge in [0.25, 0.3) is 5.92 Å². The topological polar surface area (TPSA) is 96.3 Å². The second-order valence-electron chi connectivity index (χ2n) is 9.93. The summed E-state index contributed by atoms with van der Waals surface area (Å²) in [5.41, 5.74) is -0.438. The fraction of sp³-hybridized carbons (Fsp3) is 0.773. The molecule has 4 fully saturated rings. The molecule has 3 saturated carbocycles. The van der Waals surface area contributed by atoms with Crippen molar-refractivity contribution in [2.24, 2.45) is 29.1 Å². The van der Waals surface area contributed by atoms with Crippen LogP contribution >= 0.6 is 0 Å². The van der Waals surface area contributed by atoms with Gasteiger partial charge in [0, 0.05) is 13.5 Å². The van der Waals surface area contributed by atoms with Crippen LogP contribution in [-0.4, -0.2) is 42.1 Å². The van der Waals surface area contributed by atoms with Gasteiger partial charge in [-0.3, -0.25) is 9.59 Å². The molecule has 1 spiro atoms. The Labute approximate surface area is 184 Å². The van der Waals surface area contributed by atoms with Crippen molar-refractivity contribution in [1.82, 2.24) is 20.9 Å². The van der Waals surface area contributed by atoms with Crippen molar-refractivity contribution in [2.45, 2.75) is 63.7 Å². The second kappa shape index (κ2) is 7.74. The summed E-state index contributed by atoms with van der Waals surface area (Å²) in [6.07, 6.45) is 4.10. The summed E-state index contributed by atoms with van der Waals surface area (Å²) in [7, 11) is 0. The second-order valence-corrected chi connectivity index (χ2v) is 9.93. The van der Waals surface area contributed by atoms with Crippen molar-refractivity contribution >= 4 is 11.8 Å². The molecule has 1 aliphatic heterocycles. The van der Waals surface area contributed by atoms with Gasteiger partial charge in [0.05, 0.1) is 24.4 Å². The number of carbonyl (C=O) groups excluding carboxylic acids is 2. The van der Waals surface area contributed by atoms with Crippen molar-refractivity contribution in [3.8, 4) is 0 Å². The zero-order valence-corrected chi connectivity index (χ0v) is 18.0. The number of carbonyl (C=O) groups is 2. The van der Waals surface area contributed by atoms with E-state index in [-0.39, 0.29) is 48.0 Å². The van der Waals surface area contributed by atoms with Gasteiger partial charge in [-0.1, -0.05) is 0 Å². The molecular weight excluding hydrogens is 425 g/mol. The number of halogens is 3. The normalized spacial score (nSPS) is 35.1. The Bertz CT molecular complexity index is 897. The third-order valence-corrected chi connectivity index (χ3v) is 8.10. The van der Waals surface area contributed by atoms with Crippen LogP contribution in [0.15, 0.2) is 10.7 Å². The van der Waals surface area contributed by atoms with Crippen LogP contribution in [0, 0.1) is 29.1 Å². The van der Waals surface area contributed by atoms with Crippen LogP contribution in [0.25, 0.3) is 0 Å². The zero-order chi connectivity index (χ0) is 22.7. The number of alkyl halides is 3. The summed E-state index contributed by atoms with van der Waals surface area (Å²) >= 11 is 0. The Morgan fingerprint density at radius 2 is 1.91 bits per heavy atom. The lowest BCUT2D eigenvalue weighted by Crippen LogP contribution is -2.54. The molecule has 4 aliphatic rings. The van der Waals surface area contributed by atoms with E-state index in [1.165, 1.54) is 0 Å². The van der Waals surface area contributed by atoms with E-state index in [1.54, 1.807) is 0 Å². The Morgan fingerprint density at radius 3 is 2.50 bits per heavy atom. The minimum Gasteiger partial charge on any atom is -0.447 e. The zero-order valence-electron chi connectivity index (χ0n) is 18.0. The number of aromatic nitrogens is 1. The molecule has 176 valence electrons. The summed E-state index contributed by atoms with van der Waals surface area (Å²) in [6, 6.07) is -0.539. The molecule has 2 heterocycles. The van der Waals surface area contributed by atoms with E-state index in [0.717, 1.165) is 38.9 Å². The predicted molar refractivity (Wildman–Crippen MR) is 107 cm³/mol. The highest BCUT2D eigenvalue weighted by Crippen LogP contribution is 2.74. The van der Waals surface area contributed by atoms with E-state index in [0.29, 0.717) is 13.0 Å². The Kier molecular flexibility index (Phi) is 5.26. The number of hydrogen-bond donors (Lipinski definition) is 3. The van der Waals surface area contributed by atoms with Gasteiger partial charge in [-0.25, -0.2) is 9.37 Å². The smallest absolute Gasteiger partial charge is 0.290 e. The molecule has 0 aromatic carbocycles. The average molecular weight is 454 g/mol. The van der Waals surface area contributed by atoms with Crippen molar-refractivity contribution in [2.75, 3.05) is 13.1 Å². The van der Waals surface area contributed by atoms with Gasteiger partial charge < -0.3 is 20.4 Å². The van der Waals surface area contributed by atoms with Crippen molar-refractivity contribution in [3.63, 3.8) is 0 Å². The maximum atomic E-state index is 14.3. The third-order valence-electron chi connectivity index (χ3n) is 8.10. The van der Waals surface area contributed by atoms with Crippen LogP contribution < -0.4 is 16.0 Å². The molecule has 32 heavy (non-hydrogen) atoms. The monoisotopic (exact) mass is 454 g/mol. The first-order valence-corrected chi connectivity index (χ1v) is 11.5. The van der Waals surface area contributed by atoms with Crippen LogP contribution in [0.3, 0.4) is 0 Å². The summed E-state index contributed by atoms with van der Waals surface area (Å²) < 4.78 is 46.1. The number of nitrogens with zero attached hydrogens (tertiary/aromatic N) is 1. The molecule has 1 aromatic heterocycles. The molecule has 2 amide bonds. The molecule has 3 N–H and O–H groups in total. The van der Waals surface area contributed by atoms with Gasteiger partial charge in [0.15, 0.2) is 0 Å². The molecule has 1 aromatic rings. The van der Waals surface area contributed by atoms with E-state index >= 15 is 0 Å². The summed E-state index contributed by atoms with van der Waals surface area (Å²) in [5, 5.41) is 8.62. The van der Waals surface area contributed by atoms with Gasteiger partial charge in [-0.15, -0.1) is 0 Å². The number of amides is 2. The lowest BCUT2D eigenvalue weighted by Gasteiger charge is -2.33. The fourth-order valence-corrected chi connectivity index (χ4v) is 6.50. The predicted octanol–water partition coefficient (Wildman–Crippen LogP) is 2.27. The highest BCUT2D eigenvalue weighted by molar-refractivity contribution is 5.89. The summed E-state index contributed by atoms with van der Waals surface area (Å²) in [6.45, 7) is 1.46. The number of hydrogen-bond acceptors (Lipinski definition) is 5. The summed E-state index contributed by atoms with van der Waals surface area (Å²) in [5.74, 6) is -4.38. The first-order valence-electron chi connectivity index (χ1n) is 11.5. The van der Waals surface area contributed by atoms with Crippen molar-refractivity contribution in [1.29, 1.82) is 0 Å². The van der Waals surface area contributed by atoms with Crippen LogP contribution in [0.2, 0.25) is 0 Å². The average Bonchev–Trinajstić information content (AvgIpc) is 3.14. The number of piperidine rings is 1. The highest BCUT2D eigenvalue weighted by Gasteiger charge is 2.71. The van der Waals surface area contributed by atoms with E-state index in [9.17, 15) is 22.8 Å². The number of rotatable bonds is 6. The van der Waals surface area contributed by atoms with Gasteiger partial charge in [0.2, 0.25) is 17.7 Å². The first-order chi connectivity index (χ1) is 15.2. The quantitative estimate of drug-likeness (QED) is 0.613. The van der Waals surface area contributed by atoms with Crippen molar-refractivity contribution < 1.29 is 27.2 Å².